The number of piperazine rings is 1. The topological polar surface area (TPSA) is 41.4 Å². The number of hydrogen-bond donors (Lipinski definition) is 0. The molecule has 174 valence electrons. The van der Waals surface area contributed by atoms with Gasteiger partial charge in [-0.1, -0.05) is 80.4 Å². The quantitative estimate of drug-likeness (QED) is 0.485. The second-order valence-electron chi connectivity index (χ2n) is 9.60. The van der Waals surface area contributed by atoms with E-state index in [1.807, 2.05) is 42.3 Å². The number of carbonyl (C=O) groups excluding carboxylic acids is 1. The Morgan fingerprint density at radius 2 is 1.58 bits per heavy atom. The molecule has 1 amide bonds. The number of aromatic nitrogens is 2. The molecule has 1 fully saturated rings. The number of carbonyl (C=O) groups is 1. The number of amides is 1. The molecular formula is C26H30Cl2N4O. The Morgan fingerprint density at radius 1 is 0.909 bits per heavy atom. The van der Waals surface area contributed by atoms with E-state index in [0.29, 0.717) is 28.8 Å². The van der Waals surface area contributed by atoms with Crippen LogP contribution in [-0.4, -0.2) is 51.7 Å². The van der Waals surface area contributed by atoms with Gasteiger partial charge < -0.3 is 4.90 Å². The summed E-state index contributed by atoms with van der Waals surface area (Å²) in [5, 5.41) is 5.67. The molecular weight excluding hydrogens is 455 g/mol. The summed E-state index contributed by atoms with van der Waals surface area (Å²) in [6, 6.07) is 18.2. The maximum atomic E-state index is 13.3. The van der Waals surface area contributed by atoms with Crippen LogP contribution in [-0.2, 0) is 12.5 Å². The maximum absolute atomic E-state index is 13.3. The third-order valence-electron chi connectivity index (χ3n) is 6.21. The number of hydrogen-bond acceptors (Lipinski definition) is 3. The number of nitrogens with zero attached hydrogens (tertiary/aromatic N) is 4. The van der Waals surface area contributed by atoms with Gasteiger partial charge in [-0.15, -0.1) is 0 Å². The lowest BCUT2D eigenvalue weighted by molar-refractivity contribution is 0.0587. The molecule has 1 aliphatic rings. The molecule has 0 radical (unpaired) electrons. The van der Waals surface area contributed by atoms with Gasteiger partial charge in [0.25, 0.3) is 5.91 Å². The lowest BCUT2D eigenvalue weighted by atomic mass is 9.92. The summed E-state index contributed by atoms with van der Waals surface area (Å²) >= 11 is 12.5. The van der Waals surface area contributed by atoms with Gasteiger partial charge in [0, 0.05) is 38.6 Å². The molecule has 0 aliphatic carbocycles. The number of halogens is 2. The summed E-state index contributed by atoms with van der Waals surface area (Å²) in [4.78, 5) is 17.6. The van der Waals surface area contributed by atoms with Crippen molar-refractivity contribution < 1.29 is 4.79 Å². The van der Waals surface area contributed by atoms with E-state index in [-0.39, 0.29) is 17.4 Å². The second kappa shape index (κ2) is 9.49. The van der Waals surface area contributed by atoms with E-state index in [9.17, 15) is 4.79 Å². The molecule has 2 aromatic carbocycles. The summed E-state index contributed by atoms with van der Waals surface area (Å²) in [7, 11) is 1.84. The molecule has 4 rings (SSSR count). The van der Waals surface area contributed by atoms with Crippen LogP contribution in [0.4, 0.5) is 0 Å². The largest absolute Gasteiger partial charge is 0.335 e. The van der Waals surface area contributed by atoms with Gasteiger partial charge in [-0.25, -0.2) is 0 Å². The minimum Gasteiger partial charge on any atom is -0.335 e. The van der Waals surface area contributed by atoms with E-state index >= 15 is 0 Å². The first-order chi connectivity index (χ1) is 15.6. The molecule has 0 spiro atoms. The van der Waals surface area contributed by atoms with Crippen LogP contribution in [0.3, 0.4) is 0 Å². The highest BCUT2D eigenvalue weighted by molar-refractivity contribution is 6.42. The van der Waals surface area contributed by atoms with Crippen molar-refractivity contribution in [1.29, 1.82) is 0 Å². The minimum atomic E-state index is -0.0995. The van der Waals surface area contributed by atoms with Crippen LogP contribution < -0.4 is 0 Å². The van der Waals surface area contributed by atoms with Gasteiger partial charge in [-0.05, 0) is 29.3 Å². The fraction of sp³-hybridized carbons (Fsp3) is 0.385. The normalized spacial score (nSPS) is 16.1. The average molecular weight is 485 g/mol. The predicted octanol–water partition coefficient (Wildman–Crippen LogP) is 5.57. The lowest BCUT2D eigenvalue weighted by Crippen LogP contribution is -2.50. The summed E-state index contributed by atoms with van der Waals surface area (Å²) in [5.41, 5.74) is 3.75. The molecule has 1 saturated heterocycles. The van der Waals surface area contributed by atoms with Crippen molar-refractivity contribution in [2.45, 2.75) is 32.2 Å². The van der Waals surface area contributed by atoms with Gasteiger partial charge in [0.2, 0.25) is 0 Å². The molecule has 33 heavy (non-hydrogen) atoms. The van der Waals surface area contributed by atoms with Crippen molar-refractivity contribution in [2.75, 3.05) is 26.2 Å². The van der Waals surface area contributed by atoms with Crippen molar-refractivity contribution in [2.24, 2.45) is 7.05 Å². The van der Waals surface area contributed by atoms with Gasteiger partial charge >= 0.3 is 0 Å². The molecule has 1 unspecified atom stereocenters. The molecule has 0 saturated carbocycles. The third-order valence-corrected chi connectivity index (χ3v) is 6.95. The zero-order valence-electron chi connectivity index (χ0n) is 19.6. The highest BCUT2D eigenvalue weighted by Crippen LogP contribution is 2.33. The molecule has 7 heteroatoms. The Balaban J connectivity index is 1.54. The Morgan fingerprint density at radius 3 is 2.15 bits per heavy atom. The third kappa shape index (κ3) is 5.11. The number of rotatable bonds is 4. The van der Waals surface area contributed by atoms with Crippen LogP contribution >= 0.6 is 23.2 Å². The summed E-state index contributed by atoms with van der Waals surface area (Å²) in [6.07, 6.45) is 0. The summed E-state index contributed by atoms with van der Waals surface area (Å²) in [6.45, 7) is 9.14. The second-order valence-corrected chi connectivity index (χ2v) is 10.4. The first-order valence-corrected chi connectivity index (χ1v) is 12.0. The van der Waals surface area contributed by atoms with Crippen LogP contribution in [0.2, 0.25) is 10.0 Å². The van der Waals surface area contributed by atoms with E-state index in [1.54, 1.807) is 4.68 Å². The van der Waals surface area contributed by atoms with E-state index in [0.717, 1.165) is 24.3 Å². The minimum absolute atomic E-state index is 0.0333. The van der Waals surface area contributed by atoms with E-state index in [2.05, 4.69) is 55.0 Å². The van der Waals surface area contributed by atoms with E-state index in [4.69, 9.17) is 23.2 Å². The Kier molecular flexibility index (Phi) is 6.85. The summed E-state index contributed by atoms with van der Waals surface area (Å²) < 4.78 is 1.71. The zero-order chi connectivity index (χ0) is 23.8. The Labute approximate surface area is 205 Å². The van der Waals surface area contributed by atoms with Gasteiger partial charge in [-0.3, -0.25) is 14.4 Å². The molecule has 0 bridgehead atoms. The van der Waals surface area contributed by atoms with Crippen molar-refractivity contribution in [3.63, 3.8) is 0 Å². The molecule has 1 atom stereocenters. The maximum Gasteiger partial charge on any atom is 0.272 e. The molecule has 0 N–H and O–H groups in total. The fourth-order valence-electron chi connectivity index (χ4n) is 4.31. The van der Waals surface area contributed by atoms with Gasteiger partial charge in [0.05, 0.1) is 21.8 Å². The average Bonchev–Trinajstić information content (AvgIpc) is 3.19. The first kappa shape index (κ1) is 23.8. The number of aryl methyl sites for hydroxylation is 1. The highest BCUT2D eigenvalue weighted by atomic mass is 35.5. The van der Waals surface area contributed by atoms with Gasteiger partial charge in [0.15, 0.2) is 0 Å². The Hall–Kier alpha value is -2.34. The first-order valence-electron chi connectivity index (χ1n) is 11.2. The van der Waals surface area contributed by atoms with E-state index < -0.39 is 0 Å². The smallest absolute Gasteiger partial charge is 0.272 e. The van der Waals surface area contributed by atoms with Crippen molar-refractivity contribution in [3.8, 4) is 0 Å². The molecule has 2 heterocycles. The van der Waals surface area contributed by atoms with Gasteiger partial charge in [0.1, 0.15) is 5.69 Å². The SMILES string of the molecule is Cn1nc(C(C)(C)C)cc1C(=O)N1CCN(C(c2ccccc2)c2ccc(Cl)c(Cl)c2)CC1. The standard InChI is InChI=1S/C26H30Cl2N4O/c1-26(2,3)23-17-22(30(4)29-23)25(33)32-14-12-31(13-15-32)24(18-8-6-5-7-9-18)19-10-11-20(27)21(28)16-19/h5-11,16-17,24H,12-15H2,1-4H3. The van der Waals surface area contributed by atoms with Gasteiger partial charge in [-0.2, -0.15) is 5.10 Å². The number of benzene rings is 2. The van der Waals surface area contributed by atoms with E-state index in [1.165, 1.54) is 5.56 Å². The van der Waals surface area contributed by atoms with Crippen LogP contribution in [0.15, 0.2) is 54.6 Å². The zero-order valence-corrected chi connectivity index (χ0v) is 21.1. The molecule has 3 aromatic rings. The van der Waals surface area contributed by atoms with Crippen molar-refractivity contribution in [3.05, 3.63) is 87.2 Å². The van der Waals surface area contributed by atoms with Crippen LogP contribution in [0, 0.1) is 0 Å². The van der Waals surface area contributed by atoms with Crippen LogP contribution in [0.1, 0.15) is 54.1 Å². The molecule has 1 aromatic heterocycles. The molecule has 1 aliphatic heterocycles. The van der Waals surface area contributed by atoms with Crippen LogP contribution in [0.5, 0.6) is 0 Å². The monoisotopic (exact) mass is 484 g/mol. The van der Waals surface area contributed by atoms with Crippen LogP contribution in [0.25, 0.3) is 0 Å². The molecule has 5 nitrogen and oxygen atoms in total. The fourth-order valence-corrected chi connectivity index (χ4v) is 4.62. The van der Waals surface area contributed by atoms with Crippen molar-refractivity contribution in [1.82, 2.24) is 19.6 Å². The Bertz CT molecular complexity index is 1130. The highest BCUT2D eigenvalue weighted by Gasteiger charge is 2.30. The van der Waals surface area contributed by atoms with Crippen molar-refractivity contribution >= 4 is 29.1 Å². The predicted molar refractivity (Wildman–Crippen MR) is 134 cm³/mol. The summed E-state index contributed by atoms with van der Waals surface area (Å²) in [5.74, 6) is 0.0333. The lowest BCUT2D eigenvalue weighted by Gasteiger charge is -2.39.